The molecule has 78 valence electrons. The van der Waals surface area contributed by atoms with Crippen molar-refractivity contribution in [1.82, 2.24) is 0 Å². The van der Waals surface area contributed by atoms with Crippen molar-refractivity contribution >= 4 is 11.8 Å². The van der Waals surface area contributed by atoms with E-state index in [9.17, 15) is 10.2 Å². The number of rotatable bonds is 4. The summed E-state index contributed by atoms with van der Waals surface area (Å²) in [5.74, 6) is 0. The monoisotopic (exact) mass is 212 g/mol. The van der Waals surface area contributed by atoms with Crippen LogP contribution in [-0.2, 0) is 0 Å². The normalized spacial score (nSPS) is 13.6. The van der Waals surface area contributed by atoms with Gasteiger partial charge in [0.1, 0.15) is 0 Å². The van der Waals surface area contributed by atoms with E-state index >= 15 is 0 Å². The SMILES string of the molecule is CC(C)SC(c1ccccc1)C(O)O. The molecule has 0 aliphatic rings. The second-order valence-corrected chi connectivity index (χ2v) is 5.15. The van der Waals surface area contributed by atoms with E-state index in [0.29, 0.717) is 5.25 Å². The second-order valence-electron chi connectivity index (χ2n) is 3.43. The van der Waals surface area contributed by atoms with Crippen molar-refractivity contribution in [2.45, 2.75) is 30.6 Å². The summed E-state index contributed by atoms with van der Waals surface area (Å²) in [5.41, 5.74) is 0.959. The predicted molar refractivity (Wildman–Crippen MR) is 60.1 cm³/mol. The molecule has 1 unspecified atom stereocenters. The molecule has 1 aromatic carbocycles. The minimum Gasteiger partial charge on any atom is -0.367 e. The molecule has 0 amide bonds. The first kappa shape index (κ1) is 11.6. The van der Waals surface area contributed by atoms with E-state index in [0.717, 1.165) is 5.56 Å². The minimum atomic E-state index is -1.30. The molecule has 0 bridgehead atoms. The molecule has 0 spiro atoms. The lowest BCUT2D eigenvalue weighted by Gasteiger charge is -2.20. The molecule has 14 heavy (non-hydrogen) atoms. The highest BCUT2D eigenvalue weighted by molar-refractivity contribution is 8.00. The largest absolute Gasteiger partial charge is 0.367 e. The van der Waals surface area contributed by atoms with Gasteiger partial charge in [0.15, 0.2) is 6.29 Å². The lowest BCUT2D eigenvalue weighted by Crippen LogP contribution is -2.16. The average molecular weight is 212 g/mol. The molecule has 2 nitrogen and oxygen atoms in total. The zero-order valence-electron chi connectivity index (χ0n) is 8.42. The first-order valence-electron chi connectivity index (χ1n) is 4.68. The summed E-state index contributed by atoms with van der Waals surface area (Å²) in [4.78, 5) is 0. The van der Waals surface area contributed by atoms with Crippen molar-refractivity contribution in [2.75, 3.05) is 0 Å². The predicted octanol–water partition coefficient (Wildman–Crippen LogP) is 2.18. The van der Waals surface area contributed by atoms with E-state index in [1.54, 1.807) is 11.8 Å². The van der Waals surface area contributed by atoms with E-state index < -0.39 is 6.29 Å². The van der Waals surface area contributed by atoms with Crippen molar-refractivity contribution in [3.8, 4) is 0 Å². The molecule has 0 aromatic heterocycles. The summed E-state index contributed by atoms with van der Waals surface area (Å²) in [7, 11) is 0. The third-order valence-corrected chi connectivity index (χ3v) is 3.17. The lowest BCUT2D eigenvalue weighted by atomic mass is 10.1. The smallest absolute Gasteiger partial charge is 0.167 e. The minimum absolute atomic E-state index is 0.254. The fourth-order valence-corrected chi connectivity index (χ4v) is 2.30. The molecule has 0 saturated heterocycles. The number of aliphatic hydroxyl groups is 2. The van der Waals surface area contributed by atoms with Gasteiger partial charge in [-0.2, -0.15) is 0 Å². The lowest BCUT2D eigenvalue weighted by molar-refractivity contribution is -0.0406. The maximum atomic E-state index is 9.25. The highest BCUT2D eigenvalue weighted by Gasteiger charge is 2.20. The average Bonchev–Trinajstić information content (AvgIpc) is 2.15. The van der Waals surface area contributed by atoms with Crippen molar-refractivity contribution in [1.29, 1.82) is 0 Å². The highest BCUT2D eigenvalue weighted by Crippen LogP contribution is 2.33. The maximum absolute atomic E-state index is 9.25. The Morgan fingerprint density at radius 1 is 1.07 bits per heavy atom. The van der Waals surface area contributed by atoms with Crippen molar-refractivity contribution in [3.05, 3.63) is 35.9 Å². The van der Waals surface area contributed by atoms with Crippen LogP contribution in [0.1, 0.15) is 24.7 Å². The van der Waals surface area contributed by atoms with Crippen molar-refractivity contribution in [2.24, 2.45) is 0 Å². The Hall–Kier alpha value is -0.510. The summed E-state index contributed by atoms with van der Waals surface area (Å²) >= 11 is 1.56. The fourth-order valence-electron chi connectivity index (χ4n) is 1.26. The van der Waals surface area contributed by atoms with Crippen LogP contribution in [0.3, 0.4) is 0 Å². The van der Waals surface area contributed by atoms with Crippen LogP contribution in [0.15, 0.2) is 30.3 Å². The molecule has 0 saturated carbocycles. The number of hydrogen-bond donors (Lipinski definition) is 2. The maximum Gasteiger partial charge on any atom is 0.167 e. The molecule has 0 aliphatic heterocycles. The van der Waals surface area contributed by atoms with Crippen LogP contribution in [0, 0.1) is 0 Å². The molecule has 2 N–H and O–H groups in total. The van der Waals surface area contributed by atoms with Gasteiger partial charge in [-0.05, 0) is 10.8 Å². The number of hydrogen-bond acceptors (Lipinski definition) is 3. The Balaban J connectivity index is 2.78. The second kappa shape index (κ2) is 5.39. The molecular weight excluding hydrogens is 196 g/mol. The Labute approximate surface area is 89.0 Å². The third-order valence-electron chi connectivity index (χ3n) is 1.82. The van der Waals surface area contributed by atoms with E-state index in [2.05, 4.69) is 0 Å². The molecule has 0 fully saturated rings. The molecule has 1 rings (SSSR count). The van der Waals surface area contributed by atoms with Gasteiger partial charge in [0.25, 0.3) is 0 Å². The van der Waals surface area contributed by atoms with Crippen LogP contribution in [0.25, 0.3) is 0 Å². The van der Waals surface area contributed by atoms with Gasteiger partial charge in [-0.25, -0.2) is 0 Å². The van der Waals surface area contributed by atoms with Gasteiger partial charge in [0.2, 0.25) is 0 Å². The Kier molecular flexibility index (Phi) is 4.45. The highest BCUT2D eigenvalue weighted by atomic mass is 32.2. The summed E-state index contributed by atoms with van der Waals surface area (Å²) in [5, 5.41) is 18.6. The summed E-state index contributed by atoms with van der Waals surface area (Å²) in [6.07, 6.45) is -1.30. The van der Waals surface area contributed by atoms with Crippen LogP contribution in [0.4, 0.5) is 0 Å². The molecule has 0 aliphatic carbocycles. The summed E-state index contributed by atoms with van der Waals surface area (Å²) < 4.78 is 0. The van der Waals surface area contributed by atoms with Crippen LogP contribution < -0.4 is 0 Å². The number of benzene rings is 1. The number of aliphatic hydroxyl groups excluding tert-OH is 1. The zero-order valence-corrected chi connectivity index (χ0v) is 9.24. The molecule has 1 atom stereocenters. The number of thioether (sulfide) groups is 1. The van der Waals surface area contributed by atoms with Gasteiger partial charge in [0.05, 0.1) is 5.25 Å². The topological polar surface area (TPSA) is 40.5 Å². The summed E-state index contributed by atoms with van der Waals surface area (Å²) in [6, 6.07) is 9.57. The van der Waals surface area contributed by atoms with Gasteiger partial charge in [-0.3, -0.25) is 0 Å². The molecule has 0 radical (unpaired) electrons. The van der Waals surface area contributed by atoms with Gasteiger partial charge in [0, 0.05) is 0 Å². The van der Waals surface area contributed by atoms with Crippen LogP contribution in [0.5, 0.6) is 0 Å². The third kappa shape index (κ3) is 3.33. The van der Waals surface area contributed by atoms with Crippen molar-refractivity contribution < 1.29 is 10.2 Å². The van der Waals surface area contributed by atoms with Gasteiger partial charge < -0.3 is 10.2 Å². The van der Waals surface area contributed by atoms with Crippen LogP contribution in [-0.4, -0.2) is 21.8 Å². The van der Waals surface area contributed by atoms with E-state index in [1.165, 1.54) is 0 Å². The van der Waals surface area contributed by atoms with Gasteiger partial charge >= 0.3 is 0 Å². The zero-order chi connectivity index (χ0) is 10.6. The molecule has 3 heteroatoms. The Bertz CT molecular complexity index is 259. The summed E-state index contributed by atoms with van der Waals surface area (Å²) in [6.45, 7) is 4.09. The fraction of sp³-hybridized carbons (Fsp3) is 0.455. The van der Waals surface area contributed by atoms with Crippen LogP contribution >= 0.6 is 11.8 Å². The van der Waals surface area contributed by atoms with Crippen molar-refractivity contribution in [3.63, 3.8) is 0 Å². The quantitative estimate of drug-likeness (QED) is 0.752. The van der Waals surface area contributed by atoms with E-state index in [-0.39, 0.29) is 5.25 Å². The molecule has 0 heterocycles. The van der Waals surface area contributed by atoms with Gasteiger partial charge in [-0.1, -0.05) is 44.2 Å². The standard InChI is InChI=1S/C11H16O2S/c1-8(2)14-10(11(12)13)9-6-4-3-5-7-9/h3-8,10-13H,1-2H3. The Morgan fingerprint density at radius 2 is 1.64 bits per heavy atom. The molecule has 1 aromatic rings. The van der Waals surface area contributed by atoms with Gasteiger partial charge in [-0.15, -0.1) is 11.8 Å². The van der Waals surface area contributed by atoms with E-state index in [4.69, 9.17) is 0 Å². The van der Waals surface area contributed by atoms with E-state index in [1.807, 2.05) is 44.2 Å². The molecular formula is C11H16O2S. The first-order chi connectivity index (χ1) is 6.61. The first-order valence-corrected chi connectivity index (χ1v) is 5.62. The Morgan fingerprint density at radius 3 is 2.07 bits per heavy atom. The van der Waals surface area contributed by atoms with Crippen LogP contribution in [0.2, 0.25) is 0 Å².